The molecule has 1 aromatic carbocycles. The van der Waals surface area contributed by atoms with E-state index in [0.717, 1.165) is 14.7 Å². The second-order valence-electron chi connectivity index (χ2n) is 3.06. The maximum atomic E-state index is 11.2. The van der Waals surface area contributed by atoms with E-state index in [1.807, 2.05) is 31.2 Å². The molecule has 0 saturated heterocycles. The molecule has 0 N–H and O–H groups in total. The third-order valence-electron chi connectivity index (χ3n) is 1.92. The second kappa shape index (κ2) is 5.90. The van der Waals surface area contributed by atoms with Gasteiger partial charge in [-0.2, -0.15) is 0 Å². The summed E-state index contributed by atoms with van der Waals surface area (Å²) in [4.78, 5) is 11.2. The van der Waals surface area contributed by atoms with Crippen LogP contribution in [0.2, 0.25) is 0 Å². The van der Waals surface area contributed by atoms with Gasteiger partial charge in [0, 0.05) is 9.65 Å². The van der Waals surface area contributed by atoms with Gasteiger partial charge in [-0.25, -0.2) is 4.79 Å². The standard InChI is InChI=1S/C12H13IO2/c1-3-15-12(14)8-9(2)10-6-4-5-7-11(10)13/h4-8H,3H2,1-2H3. The molecule has 0 bridgehead atoms. The smallest absolute Gasteiger partial charge is 0.331 e. The monoisotopic (exact) mass is 316 g/mol. The van der Waals surface area contributed by atoms with Crippen LogP contribution >= 0.6 is 22.6 Å². The number of halogens is 1. The highest BCUT2D eigenvalue weighted by Crippen LogP contribution is 2.20. The molecular formula is C12H13IO2. The van der Waals surface area contributed by atoms with Crippen molar-refractivity contribution in [3.63, 3.8) is 0 Å². The number of esters is 1. The first-order chi connectivity index (χ1) is 7.15. The van der Waals surface area contributed by atoms with E-state index in [-0.39, 0.29) is 5.97 Å². The van der Waals surface area contributed by atoms with Gasteiger partial charge in [-0.15, -0.1) is 0 Å². The van der Waals surface area contributed by atoms with Crippen LogP contribution in [0, 0.1) is 3.57 Å². The molecule has 0 aliphatic heterocycles. The summed E-state index contributed by atoms with van der Waals surface area (Å²) < 4.78 is 5.99. The number of rotatable bonds is 3. The molecule has 0 unspecified atom stereocenters. The second-order valence-corrected chi connectivity index (χ2v) is 4.22. The molecular weight excluding hydrogens is 303 g/mol. The topological polar surface area (TPSA) is 26.3 Å². The number of carbonyl (C=O) groups is 1. The number of ether oxygens (including phenoxy) is 1. The fourth-order valence-electron chi connectivity index (χ4n) is 1.22. The predicted molar refractivity (Wildman–Crippen MR) is 69.4 cm³/mol. The molecule has 0 aliphatic rings. The zero-order valence-electron chi connectivity index (χ0n) is 8.79. The summed E-state index contributed by atoms with van der Waals surface area (Å²) in [6.07, 6.45) is 1.53. The molecule has 0 radical (unpaired) electrons. The van der Waals surface area contributed by atoms with Crippen LogP contribution in [0.4, 0.5) is 0 Å². The number of hydrogen-bond donors (Lipinski definition) is 0. The number of carbonyl (C=O) groups excluding carboxylic acids is 1. The van der Waals surface area contributed by atoms with E-state index in [1.165, 1.54) is 6.08 Å². The van der Waals surface area contributed by atoms with Gasteiger partial charge in [0.25, 0.3) is 0 Å². The molecule has 0 amide bonds. The van der Waals surface area contributed by atoms with Crippen molar-refractivity contribution in [1.29, 1.82) is 0 Å². The minimum atomic E-state index is -0.283. The minimum Gasteiger partial charge on any atom is -0.463 e. The highest BCUT2D eigenvalue weighted by Gasteiger charge is 2.03. The summed E-state index contributed by atoms with van der Waals surface area (Å²) in [5.74, 6) is -0.283. The van der Waals surface area contributed by atoms with Crippen molar-refractivity contribution >= 4 is 34.1 Å². The molecule has 1 aromatic rings. The van der Waals surface area contributed by atoms with E-state index in [9.17, 15) is 4.79 Å². The van der Waals surface area contributed by atoms with Crippen LogP contribution < -0.4 is 0 Å². The van der Waals surface area contributed by atoms with Crippen molar-refractivity contribution in [3.05, 3.63) is 39.5 Å². The van der Waals surface area contributed by atoms with Crippen LogP contribution in [0.1, 0.15) is 19.4 Å². The number of allylic oxidation sites excluding steroid dienone is 1. The lowest BCUT2D eigenvalue weighted by molar-refractivity contribution is -0.137. The quantitative estimate of drug-likeness (QED) is 0.486. The zero-order valence-corrected chi connectivity index (χ0v) is 10.9. The lowest BCUT2D eigenvalue weighted by Gasteiger charge is -2.04. The molecule has 0 saturated carbocycles. The summed E-state index contributed by atoms with van der Waals surface area (Å²) in [7, 11) is 0. The summed E-state index contributed by atoms with van der Waals surface area (Å²) in [6, 6.07) is 7.94. The van der Waals surface area contributed by atoms with Gasteiger partial charge in [0.1, 0.15) is 0 Å². The van der Waals surface area contributed by atoms with Crippen LogP contribution in [0.5, 0.6) is 0 Å². The fraction of sp³-hybridized carbons (Fsp3) is 0.250. The maximum absolute atomic E-state index is 11.2. The highest BCUT2D eigenvalue weighted by molar-refractivity contribution is 14.1. The number of hydrogen-bond acceptors (Lipinski definition) is 2. The third-order valence-corrected chi connectivity index (χ3v) is 2.86. The largest absolute Gasteiger partial charge is 0.463 e. The molecule has 0 aromatic heterocycles. The van der Waals surface area contributed by atoms with Gasteiger partial charge < -0.3 is 4.74 Å². The Labute approximate surface area is 103 Å². The number of benzene rings is 1. The van der Waals surface area contributed by atoms with E-state index in [2.05, 4.69) is 22.6 Å². The average Bonchev–Trinajstić information content (AvgIpc) is 2.18. The van der Waals surface area contributed by atoms with E-state index in [4.69, 9.17) is 4.74 Å². The Morgan fingerprint density at radius 2 is 2.13 bits per heavy atom. The normalized spacial score (nSPS) is 11.3. The van der Waals surface area contributed by atoms with Crippen molar-refractivity contribution < 1.29 is 9.53 Å². The van der Waals surface area contributed by atoms with Gasteiger partial charge in [-0.3, -0.25) is 0 Å². The molecule has 1 rings (SSSR count). The van der Waals surface area contributed by atoms with E-state index < -0.39 is 0 Å². The molecule has 0 atom stereocenters. The molecule has 3 heteroatoms. The third kappa shape index (κ3) is 3.66. The van der Waals surface area contributed by atoms with Crippen LogP contribution in [0.15, 0.2) is 30.3 Å². The summed E-state index contributed by atoms with van der Waals surface area (Å²) in [5.41, 5.74) is 2.00. The highest BCUT2D eigenvalue weighted by atomic mass is 127. The van der Waals surface area contributed by atoms with Gasteiger partial charge in [0.05, 0.1) is 6.61 Å². The van der Waals surface area contributed by atoms with Crippen molar-refractivity contribution in [3.8, 4) is 0 Å². The van der Waals surface area contributed by atoms with Gasteiger partial charge >= 0.3 is 5.97 Å². The Bertz CT molecular complexity index is 383. The molecule has 0 aliphatic carbocycles. The molecule has 0 fully saturated rings. The average molecular weight is 316 g/mol. The zero-order chi connectivity index (χ0) is 11.3. The molecule has 15 heavy (non-hydrogen) atoms. The van der Waals surface area contributed by atoms with Crippen molar-refractivity contribution in [2.45, 2.75) is 13.8 Å². The van der Waals surface area contributed by atoms with Crippen LogP contribution in [-0.4, -0.2) is 12.6 Å². The molecule has 2 nitrogen and oxygen atoms in total. The molecule has 80 valence electrons. The van der Waals surface area contributed by atoms with E-state index in [0.29, 0.717) is 6.61 Å². The first-order valence-electron chi connectivity index (χ1n) is 4.75. The Morgan fingerprint density at radius 1 is 1.47 bits per heavy atom. The SMILES string of the molecule is CCOC(=O)C=C(C)c1ccccc1I. The first-order valence-corrected chi connectivity index (χ1v) is 5.83. The summed E-state index contributed by atoms with van der Waals surface area (Å²) >= 11 is 2.25. The van der Waals surface area contributed by atoms with Gasteiger partial charge in [0.15, 0.2) is 0 Å². The Balaban J connectivity index is 2.89. The Hall–Kier alpha value is -0.840. The molecule has 0 spiro atoms. The van der Waals surface area contributed by atoms with Crippen LogP contribution in [-0.2, 0) is 9.53 Å². The minimum absolute atomic E-state index is 0.283. The van der Waals surface area contributed by atoms with Crippen molar-refractivity contribution in [1.82, 2.24) is 0 Å². The van der Waals surface area contributed by atoms with Gasteiger partial charge in [-0.1, -0.05) is 18.2 Å². The Kier molecular flexibility index (Phi) is 4.81. The molecule has 0 heterocycles. The van der Waals surface area contributed by atoms with Crippen molar-refractivity contribution in [2.24, 2.45) is 0 Å². The fourth-order valence-corrected chi connectivity index (χ4v) is 2.03. The van der Waals surface area contributed by atoms with Gasteiger partial charge in [0.2, 0.25) is 0 Å². The van der Waals surface area contributed by atoms with E-state index in [1.54, 1.807) is 6.92 Å². The van der Waals surface area contributed by atoms with Crippen LogP contribution in [0.3, 0.4) is 0 Å². The first kappa shape index (κ1) is 12.2. The van der Waals surface area contributed by atoms with Crippen molar-refractivity contribution in [2.75, 3.05) is 6.61 Å². The van der Waals surface area contributed by atoms with Gasteiger partial charge in [-0.05, 0) is 53.6 Å². The van der Waals surface area contributed by atoms with E-state index >= 15 is 0 Å². The van der Waals surface area contributed by atoms with Crippen LogP contribution in [0.25, 0.3) is 5.57 Å². The predicted octanol–water partition coefficient (Wildman–Crippen LogP) is 3.26. The lowest BCUT2D eigenvalue weighted by Crippen LogP contribution is -2.00. The Morgan fingerprint density at radius 3 is 2.73 bits per heavy atom. The summed E-state index contributed by atoms with van der Waals surface area (Å²) in [5, 5.41) is 0. The lowest BCUT2D eigenvalue weighted by atomic mass is 10.1. The maximum Gasteiger partial charge on any atom is 0.331 e. The summed E-state index contributed by atoms with van der Waals surface area (Å²) in [6.45, 7) is 4.12.